The minimum absolute atomic E-state index is 0. The summed E-state index contributed by atoms with van der Waals surface area (Å²) in [5.41, 5.74) is 6.16. The third-order valence-electron chi connectivity index (χ3n) is 3.38. The lowest BCUT2D eigenvalue weighted by atomic mass is 10.1. The Kier molecular flexibility index (Phi) is 7.14. The number of aliphatic imine (C=N–C) groups is 1. The largest absolute Gasteiger partial charge is 0.573 e. The fourth-order valence-electron chi connectivity index (χ4n) is 2.33. The maximum atomic E-state index is 12.1. The van der Waals surface area contributed by atoms with Crippen molar-refractivity contribution in [3.05, 3.63) is 24.3 Å². The average molecular weight is 459 g/mol. The SMILES string of the molecule is CC1(C)CCC(CN=C(N)Nc2ccc(OC(F)(F)F)cc2)O1.I. The van der Waals surface area contributed by atoms with Crippen molar-refractivity contribution >= 4 is 35.6 Å². The van der Waals surface area contributed by atoms with Crippen LogP contribution in [0.3, 0.4) is 0 Å². The number of halogens is 4. The Morgan fingerprint density at radius 3 is 2.50 bits per heavy atom. The molecule has 9 heteroatoms. The first-order chi connectivity index (χ1) is 10.6. The normalized spacial score (nSPS) is 20.4. The molecule has 5 nitrogen and oxygen atoms in total. The van der Waals surface area contributed by atoms with E-state index in [1.54, 1.807) is 0 Å². The molecule has 0 saturated carbocycles. The molecule has 1 heterocycles. The first-order valence-corrected chi connectivity index (χ1v) is 7.23. The van der Waals surface area contributed by atoms with Gasteiger partial charge in [0.05, 0.1) is 18.2 Å². The van der Waals surface area contributed by atoms with Gasteiger partial charge in [-0.3, -0.25) is 4.99 Å². The summed E-state index contributed by atoms with van der Waals surface area (Å²) < 4.78 is 45.8. The van der Waals surface area contributed by atoms with E-state index in [0.29, 0.717) is 12.2 Å². The number of anilines is 1. The molecule has 0 aliphatic carbocycles. The van der Waals surface area contributed by atoms with Gasteiger partial charge in [0.15, 0.2) is 5.96 Å². The zero-order chi connectivity index (χ0) is 17.1. The van der Waals surface area contributed by atoms with Crippen LogP contribution in [0.5, 0.6) is 5.75 Å². The smallest absolute Gasteiger partial charge is 0.406 e. The number of nitrogens with two attached hydrogens (primary N) is 1. The van der Waals surface area contributed by atoms with Gasteiger partial charge in [-0.05, 0) is 51.0 Å². The van der Waals surface area contributed by atoms with Crippen LogP contribution >= 0.6 is 24.0 Å². The Hall–Kier alpha value is -1.23. The topological polar surface area (TPSA) is 68.9 Å². The molecule has 1 aromatic rings. The molecule has 0 spiro atoms. The second-order valence-electron chi connectivity index (χ2n) is 5.96. The van der Waals surface area contributed by atoms with Crippen molar-refractivity contribution < 1.29 is 22.6 Å². The molecule has 1 unspecified atom stereocenters. The minimum atomic E-state index is -4.70. The number of ether oxygens (including phenoxy) is 2. The third kappa shape index (κ3) is 7.12. The first-order valence-electron chi connectivity index (χ1n) is 7.23. The van der Waals surface area contributed by atoms with Crippen molar-refractivity contribution in [2.45, 2.75) is 44.8 Å². The number of benzene rings is 1. The molecule has 3 N–H and O–H groups in total. The number of rotatable bonds is 4. The summed E-state index contributed by atoms with van der Waals surface area (Å²) >= 11 is 0. The second kappa shape index (κ2) is 8.24. The highest BCUT2D eigenvalue weighted by atomic mass is 127. The predicted molar refractivity (Wildman–Crippen MR) is 96.8 cm³/mol. The lowest BCUT2D eigenvalue weighted by Crippen LogP contribution is -2.26. The van der Waals surface area contributed by atoms with Gasteiger partial charge in [0.1, 0.15) is 5.75 Å². The molecule has 2 rings (SSSR count). The maximum absolute atomic E-state index is 12.1. The molecule has 0 bridgehead atoms. The van der Waals surface area contributed by atoms with Crippen molar-refractivity contribution in [1.29, 1.82) is 0 Å². The van der Waals surface area contributed by atoms with Crippen molar-refractivity contribution in [1.82, 2.24) is 0 Å². The molecule has 24 heavy (non-hydrogen) atoms. The minimum Gasteiger partial charge on any atom is -0.406 e. The Labute approximate surface area is 155 Å². The lowest BCUT2D eigenvalue weighted by Gasteiger charge is -2.18. The molecule has 136 valence electrons. The lowest BCUT2D eigenvalue weighted by molar-refractivity contribution is -0.274. The van der Waals surface area contributed by atoms with Crippen LogP contribution in [-0.2, 0) is 4.74 Å². The van der Waals surface area contributed by atoms with E-state index >= 15 is 0 Å². The number of alkyl halides is 3. The monoisotopic (exact) mass is 459 g/mol. The standard InChI is InChI=1S/C15H20F3N3O2.HI/c1-14(2)8-7-12(22-14)9-20-13(19)21-10-3-5-11(6-4-10)23-15(16,17)18;/h3-6,12H,7-9H2,1-2H3,(H3,19,20,21);1H. The van der Waals surface area contributed by atoms with E-state index in [1.165, 1.54) is 24.3 Å². The Bertz CT molecular complexity index is 562. The van der Waals surface area contributed by atoms with Gasteiger partial charge in [-0.2, -0.15) is 0 Å². The van der Waals surface area contributed by atoms with Crippen LogP contribution in [0.15, 0.2) is 29.3 Å². The van der Waals surface area contributed by atoms with E-state index in [4.69, 9.17) is 10.5 Å². The van der Waals surface area contributed by atoms with Crippen LogP contribution in [0.2, 0.25) is 0 Å². The summed E-state index contributed by atoms with van der Waals surface area (Å²) in [6, 6.07) is 5.26. The summed E-state index contributed by atoms with van der Waals surface area (Å²) in [6.45, 7) is 4.50. The number of guanidine groups is 1. The highest BCUT2D eigenvalue weighted by Gasteiger charge is 2.31. The molecule has 1 aliphatic heterocycles. The van der Waals surface area contributed by atoms with Crippen LogP contribution in [0, 0.1) is 0 Å². The van der Waals surface area contributed by atoms with Crippen molar-refractivity contribution in [2.75, 3.05) is 11.9 Å². The van der Waals surface area contributed by atoms with Gasteiger partial charge in [-0.25, -0.2) is 0 Å². The molecule has 1 aliphatic rings. The Morgan fingerprint density at radius 1 is 1.38 bits per heavy atom. The van der Waals surface area contributed by atoms with Crippen molar-refractivity contribution in [3.8, 4) is 5.75 Å². The van der Waals surface area contributed by atoms with E-state index in [1.807, 2.05) is 13.8 Å². The predicted octanol–water partition coefficient (Wildman–Crippen LogP) is 3.89. The van der Waals surface area contributed by atoms with Gasteiger partial charge in [-0.1, -0.05) is 0 Å². The number of hydrogen-bond donors (Lipinski definition) is 2. The maximum Gasteiger partial charge on any atom is 0.573 e. The van der Waals surface area contributed by atoms with Gasteiger partial charge >= 0.3 is 6.36 Å². The number of nitrogens with one attached hydrogen (secondary N) is 1. The fourth-order valence-corrected chi connectivity index (χ4v) is 2.33. The summed E-state index contributed by atoms with van der Waals surface area (Å²) in [4.78, 5) is 4.20. The third-order valence-corrected chi connectivity index (χ3v) is 3.38. The molecule has 0 radical (unpaired) electrons. The molecule has 1 atom stereocenters. The molecule has 0 amide bonds. The molecule has 0 aromatic heterocycles. The van der Waals surface area contributed by atoms with E-state index in [-0.39, 0.29) is 47.4 Å². The highest BCUT2D eigenvalue weighted by Crippen LogP contribution is 2.29. The number of nitrogens with zero attached hydrogens (tertiary/aromatic N) is 1. The summed E-state index contributed by atoms with van der Waals surface area (Å²) in [6.07, 6.45) is -2.77. The molecule has 1 saturated heterocycles. The van der Waals surface area contributed by atoms with Crippen LogP contribution in [0.1, 0.15) is 26.7 Å². The number of hydrogen-bond acceptors (Lipinski definition) is 3. The molecular formula is C15H21F3IN3O2. The van der Waals surface area contributed by atoms with Gasteiger partial charge in [-0.15, -0.1) is 37.1 Å². The van der Waals surface area contributed by atoms with Crippen molar-refractivity contribution in [2.24, 2.45) is 10.7 Å². The van der Waals surface area contributed by atoms with Crippen LogP contribution in [0.25, 0.3) is 0 Å². The van der Waals surface area contributed by atoms with E-state index < -0.39 is 6.36 Å². The zero-order valence-electron chi connectivity index (χ0n) is 13.4. The van der Waals surface area contributed by atoms with E-state index in [0.717, 1.165) is 12.8 Å². The highest BCUT2D eigenvalue weighted by molar-refractivity contribution is 14.0. The molecule has 1 fully saturated rings. The van der Waals surface area contributed by atoms with Gasteiger partial charge < -0.3 is 20.5 Å². The van der Waals surface area contributed by atoms with Crippen LogP contribution < -0.4 is 15.8 Å². The fraction of sp³-hybridized carbons (Fsp3) is 0.533. The Morgan fingerprint density at radius 2 is 2.00 bits per heavy atom. The zero-order valence-corrected chi connectivity index (χ0v) is 15.7. The Balaban J connectivity index is 0.00000288. The summed E-state index contributed by atoms with van der Waals surface area (Å²) in [7, 11) is 0. The van der Waals surface area contributed by atoms with Gasteiger partial charge in [0.2, 0.25) is 0 Å². The van der Waals surface area contributed by atoms with E-state index in [9.17, 15) is 13.2 Å². The first kappa shape index (κ1) is 20.8. The summed E-state index contributed by atoms with van der Waals surface area (Å²) in [5, 5.41) is 2.81. The van der Waals surface area contributed by atoms with E-state index in [2.05, 4.69) is 15.0 Å². The average Bonchev–Trinajstić information content (AvgIpc) is 2.77. The summed E-state index contributed by atoms with van der Waals surface area (Å²) in [5.74, 6) is -0.108. The molecule has 1 aromatic carbocycles. The quantitative estimate of drug-likeness (QED) is 0.408. The van der Waals surface area contributed by atoms with Gasteiger partial charge in [0, 0.05) is 5.69 Å². The van der Waals surface area contributed by atoms with Crippen LogP contribution in [-0.4, -0.2) is 30.6 Å². The van der Waals surface area contributed by atoms with Crippen molar-refractivity contribution in [3.63, 3.8) is 0 Å². The molecular weight excluding hydrogens is 438 g/mol. The second-order valence-corrected chi connectivity index (χ2v) is 5.96. The van der Waals surface area contributed by atoms with Gasteiger partial charge in [0.25, 0.3) is 0 Å². The van der Waals surface area contributed by atoms with Crippen LogP contribution in [0.4, 0.5) is 18.9 Å².